The number of halogens is 3. The Balaban J connectivity index is 1.92. The number of hydrogen-bond acceptors (Lipinski definition) is 4. The van der Waals surface area contributed by atoms with E-state index in [-0.39, 0.29) is 11.3 Å². The van der Waals surface area contributed by atoms with Crippen LogP contribution in [-0.4, -0.2) is 23.5 Å². The number of benzene rings is 2. The van der Waals surface area contributed by atoms with Crippen molar-refractivity contribution < 1.29 is 32.7 Å². The van der Waals surface area contributed by atoms with Crippen LogP contribution < -0.4 is 20.9 Å². The Bertz CT molecular complexity index is 793. The van der Waals surface area contributed by atoms with Gasteiger partial charge in [0, 0.05) is 11.3 Å². The first-order chi connectivity index (χ1) is 12.7. The van der Waals surface area contributed by atoms with E-state index in [1.165, 1.54) is 29.7 Å². The molecule has 0 aliphatic heterocycles. The molecule has 4 N–H and O–H groups in total. The van der Waals surface area contributed by atoms with Crippen molar-refractivity contribution in [2.75, 3.05) is 5.32 Å². The zero-order valence-electron chi connectivity index (χ0n) is 14.0. The molecule has 0 aliphatic carbocycles. The number of carbonyl (C=O) groups is 2. The predicted molar refractivity (Wildman–Crippen MR) is 89.4 cm³/mol. The maximum Gasteiger partial charge on any atom is 0.573 e. The average Bonchev–Trinajstić information content (AvgIpc) is 2.61. The Hall–Kier alpha value is -3.27. The molecule has 3 amide bonds. The second kappa shape index (κ2) is 8.41. The van der Waals surface area contributed by atoms with Gasteiger partial charge in [0.2, 0.25) is 0 Å². The van der Waals surface area contributed by atoms with Gasteiger partial charge in [-0.2, -0.15) is 0 Å². The molecule has 27 heavy (non-hydrogen) atoms. The van der Waals surface area contributed by atoms with Gasteiger partial charge in [0.05, 0.1) is 6.04 Å². The number of anilines is 1. The fourth-order valence-corrected chi connectivity index (χ4v) is 2.17. The molecule has 0 aromatic heterocycles. The lowest BCUT2D eigenvalue weighted by molar-refractivity contribution is -0.274. The summed E-state index contributed by atoms with van der Waals surface area (Å²) in [5, 5.41) is 13.7. The lowest BCUT2D eigenvalue weighted by atomic mass is 10.1. The van der Waals surface area contributed by atoms with Gasteiger partial charge in [0.15, 0.2) is 0 Å². The molecule has 2 aromatic carbocycles. The van der Waals surface area contributed by atoms with Gasteiger partial charge in [-0.3, -0.25) is 10.0 Å². The van der Waals surface area contributed by atoms with Crippen molar-refractivity contribution in [3.63, 3.8) is 0 Å². The SMILES string of the molecule is CC(NC(=O)Nc1ccc(OC(F)(F)F)cc1)c1ccc(C(=O)NO)cc1. The van der Waals surface area contributed by atoms with E-state index in [9.17, 15) is 22.8 Å². The second-order valence-electron chi connectivity index (χ2n) is 5.46. The van der Waals surface area contributed by atoms with Gasteiger partial charge in [0.1, 0.15) is 5.75 Å². The fraction of sp³-hybridized carbons (Fsp3) is 0.176. The summed E-state index contributed by atoms with van der Waals surface area (Å²) in [5.74, 6) is -1.05. The maximum absolute atomic E-state index is 12.1. The van der Waals surface area contributed by atoms with Gasteiger partial charge in [-0.15, -0.1) is 13.2 Å². The maximum atomic E-state index is 12.1. The summed E-state index contributed by atoms with van der Waals surface area (Å²) < 4.78 is 40.1. The quantitative estimate of drug-likeness (QED) is 0.468. The van der Waals surface area contributed by atoms with Crippen LogP contribution in [0.1, 0.15) is 28.9 Å². The van der Waals surface area contributed by atoms with Gasteiger partial charge in [-0.05, 0) is 48.9 Å². The Kier molecular flexibility index (Phi) is 6.24. The lowest BCUT2D eigenvalue weighted by Crippen LogP contribution is -2.31. The van der Waals surface area contributed by atoms with Crippen LogP contribution in [0.2, 0.25) is 0 Å². The third-order valence-corrected chi connectivity index (χ3v) is 3.47. The van der Waals surface area contributed by atoms with Crippen molar-refractivity contribution >= 4 is 17.6 Å². The Morgan fingerprint density at radius 1 is 1.04 bits per heavy atom. The third-order valence-electron chi connectivity index (χ3n) is 3.47. The molecule has 0 saturated heterocycles. The standard InChI is InChI=1S/C17H16F3N3O4/c1-10(11-2-4-12(5-3-11)15(24)23-26)21-16(25)22-13-6-8-14(9-7-13)27-17(18,19)20/h2-10,26H,1H3,(H,23,24)(H2,21,22,25). The highest BCUT2D eigenvalue weighted by Gasteiger charge is 2.30. The fourth-order valence-electron chi connectivity index (χ4n) is 2.17. The molecule has 1 atom stereocenters. The Labute approximate surface area is 152 Å². The van der Waals surface area contributed by atoms with E-state index in [1.54, 1.807) is 19.1 Å². The minimum Gasteiger partial charge on any atom is -0.406 e. The first kappa shape index (κ1) is 20.0. The highest BCUT2D eigenvalue weighted by molar-refractivity contribution is 5.93. The molecule has 2 aromatic rings. The molecule has 0 heterocycles. The molecule has 0 radical (unpaired) electrons. The third kappa shape index (κ3) is 6.19. The van der Waals surface area contributed by atoms with Crippen molar-refractivity contribution in [1.29, 1.82) is 0 Å². The van der Waals surface area contributed by atoms with Crippen LogP contribution in [0, 0.1) is 0 Å². The van der Waals surface area contributed by atoms with Gasteiger partial charge in [-0.1, -0.05) is 12.1 Å². The van der Waals surface area contributed by atoms with Crippen LogP contribution >= 0.6 is 0 Å². The molecule has 1 unspecified atom stereocenters. The summed E-state index contributed by atoms with van der Waals surface area (Å²) >= 11 is 0. The molecule has 7 nitrogen and oxygen atoms in total. The van der Waals surface area contributed by atoms with Crippen molar-refractivity contribution in [2.24, 2.45) is 0 Å². The van der Waals surface area contributed by atoms with Gasteiger partial charge < -0.3 is 15.4 Å². The number of alkyl halides is 3. The Morgan fingerprint density at radius 3 is 2.15 bits per heavy atom. The molecule has 0 spiro atoms. The van der Waals surface area contributed by atoms with E-state index < -0.39 is 30.1 Å². The van der Waals surface area contributed by atoms with Crippen LogP contribution in [-0.2, 0) is 0 Å². The molecule has 2 rings (SSSR count). The average molecular weight is 383 g/mol. The van der Waals surface area contributed by atoms with Crippen LogP contribution in [0.4, 0.5) is 23.7 Å². The molecule has 10 heteroatoms. The summed E-state index contributed by atoms with van der Waals surface area (Å²) in [7, 11) is 0. The van der Waals surface area contributed by atoms with E-state index in [0.717, 1.165) is 12.1 Å². The lowest BCUT2D eigenvalue weighted by Gasteiger charge is -2.16. The summed E-state index contributed by atoms with van der Waals surface area (Å²) in [4.78, 5) is 23.3. The number of nitrogens with one attached hydrogen (secondary N) is 3. The van der Waals surface area contributed by atoms with E-state index in [1.807, 2.05) is 0 Å². The first-order valence-corrected chi connectivity index (χ1v) is 7.65. The number of hydrogen-bond donors (Lipinski definition) is 4. The zero-order chi connectivity index (χ0) is 20.0. The minimum atomic E-state index is -4.78. The van der Waals surface area contributed by atoms with E-state index in [4.69, 9.17) is 5.21 Å². The van der Waals surface area contributed by atoms with Crippen LogP contribution in [0.5, 0.6) is 5.75 Å². The van der Waals surface area contributed by atoms with Crippen LogP contribution in [0.25, 0.3) is 0 Å². The Morgan fingerprint density at radius 2 is 1.63 bits per heavy atom. The first-order valence-electron chi connectivity index (χ1n) is 7.65. The van der Waals surface area contributed by atoms with Gasteiger partial charge in [-0.25, -0.2) is 10.3 Å². The molecular formula is C17H16F3N3O4. The summed E-state index contributed by atoms with van der Waals surface area (Å²) in [6.07, 6.45) is -4.78. The normalized spacial score (nSPS) is 12.0. The molecule has 144 valence electrons. The van der Waals surface area contributed by atoms with E-state index in [2.05, 4.69) is 15.4 Å². The monoisotopic (exact) mass is 383 g/mol. The summed E-state index contributed by atoms with van der Waals surface area (Å²) in [6.45, 7) is 1.71. The van der Waals surface area contributed by atoms with E-state index >= 15 is 0 Å². The largest absolute Gasteiger partial charge is 0.573 e. The predicted octanol–water partition coefficient (Wildman–Crippen LogP) is 3.59. The minimum absolute atomic E-state index is 0.249. The number of urea groups is 1. The topological polar surface area (TPSA) is 99.7 Å². The summed E-state index contributed by atoms with van der Waals surface area (Å²) in [6, 6.07) is 9.91. The molecule has 0 saturated carbocycles. The van der Waals surface area contributed by atoms with Crippen molar-refractivity contribution in [3.05, 3.63) is 59.7 Å². The molecule has 0 fully saturated rings. The van der Waals surface area contributed by atoms with Gasteiger partial charge in [0.25, 0.3) is 5.91 Å². The highest BCUT2D eigenvalue weighted by Crippen LogP contribution is 2.24. The highest BCUT2D eigenvalue weighted by atomic mass is 19.4. The summed E-state index contributed by atoms with van der Waals surface area (Å²) in [5.41, 5.74) is 2.75. The molecule has 0 aliphatic rings. The molecular weight excluding hydrogens is 367 g/mol. The second-order valence-corrected chi connectivity index (χ2v) is 5.46. The molecule has 0 bridgehead atoms. The van der Waals surface area contributed by atoms with Crippen LogP contribution in [0.3, 0.4) is 0 Å². The van der Waals surface area contributed by atoms with Crippen molar-refractivity contribution in [2.45, 2.75) is 19.3 Å². The van der Waals surface area contributed by atoms with Crippen molar-refractivity contribution in [3.8, 4) is 5.75 Å². The zero-order valence-corrected chi connectivity index (χ0v) is 14.0. The number of rotatable bonds is 5. The number of amides is 3. The number of carbonyl (C=O) groups excluding carboxylic acids is 2. The number of ether oxygens (including phenoxy) is 1. The smallest absolute Gasteiger partial charge is 0.406 e. The van der Waals surface area contributed by atoms with Gasteiger partial charge >= 0.3 is 12.4 Å². The van der Waals surface area contributed by atoms with Crippen molar-refractivity contribution in [1.82, 2.24) is 10.8 Å². The van der Waals surface area contributed by atoms with Crippen LogP contribution in [0.15, 0.2) is 48.5 Å². The van der Waals surface area contributed by atoms with E-state index in [0.29, 0.717) is 5.56 Å². The number of hydroxylamine groups is 1.